The molecule has 0 spiro atoms. The van der Waals surface area contributed by atoms with Crippen LogP contribution in [0.4, 0.5) is 0 Å². The molecule has 6 heteroatoms. The summed E-state index contributed by atoms with van der Waals surface area (Å²) >= 11 is 0. The van der Waals surface area contributed by atoms with Crippen molar-refractivity contribution in [3.63, 3.8) is 0 Å². The van der Waals surface area contributed by atoms with Crippen LogP contribution in [-0.2, 0) is 20.7 Å². The number of aromatic nitrogens is 1. The molecular formula is C15H19N3O3. The number of nitrogens with zero attached hydrogens (tertiary/aromatic N) is 3. The highest BCUT2D eigenvalue weighted by atomic mass is 16.5. The molecule has 0 N–H and O–H groups in total. The van der Waals surface area contributed by atoms with Gasteiger partial charge in [0.05, 0.1) is 31.6 Å². The molecular weight excluding hydrogens is 270 g/mol. The SMILES string of the molecule is CN1C(=O)CCO[C@H]2CN(C(=O)Cc3cccnc3)C[C@@H]21. The molecule has 2 amide bonds. The van der Waals surface area contributed by atoms with Gasteiger partial charge in [-0.25, -0.2) is 0 Å². The number of carbonyl (C=O) groups is 2. The summed E-state index contributed by atoms with van der Waals surface area (Å²) in [7, 11) is 1.80. The summed E-state index contributed by atoms with van der Waals surface area (Å²) in [5.41, 5.74) is 0.903. The van der Waals surface area contributed by atoms with Crippen molar-refractivity contribution in [3.05, 3.63) is 30.1 Å². The van der Waals surface area contributed by atoms with Gasteiger partial charge in [-0.3, -0.25) is 14.6 Å². The third-order valence-electron chi connectivity index (χ3n) is 4.21. The van der Waals surface area contributed by atoms with Gasteiger partial charge in [-0.2, -0.15) is 0 Å². The molecule has 3 rings (SSSR count). The number of likely N-dealkylation sites (N-methyl/N-ethyl adjacent to an activating group) is 1. The Kier molecular flexibility index (Phi) is 3.88. The molecule has 0 saturated carbocycles. The molecule has 0 aromatic carbocycles. The second kappa shape index (κ2) is 5.81. The lowest BCUT2D eigenvalue weighted by Crippen LogP contribution is -2.43. The van der Waals surface area contributed by atoms with Gasteiger partial charge in [0.25, 0.3) is 0 Å². The van der Waals surface area contributed by atoms with Gasteiger partial charge in [-0.1, -0.05) is 6.07 Å². The van der Waals surface area contributed by atoms with Crippen LogP contribution in [0.5, 0.6) is 0 Å². The lowest BCUT2D eigenvalue weighted by Gasteiger charge is -2.25. The second-order valence-corrected chi connectivity index (χ2v) is 5.57. The minimum atomic E-state index is -0.0701. The molecule has 2 fully saturated rings. The van der Waals surface area contributed by atoms with Crippen LogP contribution < -0.4 is 0 Å². The Morgan fingerprint density at radius 2 is 2.33 bits per heavy atom. The molecule has 1 aromatic heterocycles. The van der Waals surface area contributed by atoms with Gasteiger partial charge >= 0.3 is 0 Å². The zero-order valence-corrected chi connectivity index (χ0v) is 12.1. The average Bonchev–Trinajstić information content (AvgIpc) is 2.86. The molecule has 0 bridgehead atoms. The Morgan fingerprint density at radius 1 is 1.48 bits per heavy atom. The number of rotatable bonds is 2. The van der Waals surface area contributed by atoms with Crippen LogP contribution in [0.25, 0.3) is 0 Å². The third-order valence-corrected chi connectivity index (χ3v) is 4.21. The molecule has 1 aromatic rings. The van der Waals surface area contributed by atoms with Crippen LogP contribution in [0.3, 0.4) is 0 Å². The topological polar surface area (TPSA) is 62.7 Å². The summed E-state index contributed by atoms with van der Waals surface area (Å²) in [4.78, 5) is 31.8. The first kappa shape index (κ1) is 14.0. The van der Waals surface area contributed by atoms with Gasteiger partial charge < -0.3 is 14.5 Å². The second-order valence-electron chi connectivity index (χ2n) is 5.57. The largest absolute Gasteiger partial charge is 0.374 e. The van der Waals surface area contributed by atoms with Gasteiger partial charge in [0.15, 0.2) is 0 Å². The minimum absolute atomic E-state index is 0.0298. The molecule has 21 heavy (non-hydrogen) atoms. The maximum atomic E-state index is 12.4. The highest BCUT2D eigenvalue weighted by Crippen LogP contribution is 2.22. The summed E-state index contributed by atoms with van der Waals surface area (Å²) in [6, 6.07) is 3.69. The molecule has 0 radical (unpaired) electrons. The molecule has 6 nitrogen and oxygen atoms in total. The maximum absolute atomic E-state index is 12.4. The van der Waals surface area contributed by atoms with Crippen molar-refractivity contribution in [1.82, 2.24) is 14.8 Å². The fraction of sp³-hybridized carbons (Fsp3) is 0.533. The van der Waals surface area contributed by atoms with Crippen LogP contribution in [0.1, 0.15) is 12.0 Å². The summed E-state index contributed by atoms with van der Waals surface area (Å²) in [6.07, 6.45) is 4.09. The van der Waals surface area contributed by atoms with Crippen molar-refractivity contribution in [2.75, 3.05) is 26.7 Å². The molecule has 2 atom stereocenters. The van der Waals surface area contributed by atoms with E-state index in [9.17, 15) is 9.59 Å². The van der Waals surface area contributed by atoms with Crippen molar-refractivity contribution in [3.8, 4) is 0 Å². The number of ether oxygens (including phenoxy) is 1. The molecule has 2 aliphatic rings. The molecule has 2 saturated heterocycles. The number of hydrogen-bond donors (Lipinski definition) is 0. The van der Waals surface area contributed by atoms with Crippen LogP contribution in [0, 0.1) is 0 Å². The Bertz CT molecular complexity index is 534. The Balaban J connectivity index is 1.66. The van der Waals surface area contributed by atoms with Gasteiger partial charge in [-0.05, 0) is 11.6 Å². The van der Waals surface area contributed by atoms with Crippen LogP contribution in [0.2, 0.25) is 0 Å². The first-order valence-electron chi connectivity index (χ1n) is 7.19. The van der Waals surface area contributed by atoms with Crippen molar-refractivity contribution in [1.29, 1.82) is 0 Å². The van der Waals surface area contributed by atoms with Crippen LogP contribution in [-0.4, -0.2) is 65.5 Å². The third kappa shape index (κ3) is 2.90. The first-order valence-corrected chi connectivity index (χ1v) is 7.19. The quantitative estimate of drug-likeness (QED) is 0.773. The molecule has 0 unspecified atom stereocenters. The monoisotopic (exact) mass is 289 g/mol. The Labute approximate surface area is 123 Å². The predicted octanol–water partition coefficient (Wildman–Crippen LogP) is 0.0822. The lowest BCUT2D eigenvalue weighted by molar-refractivity contribution is -0.133. The number of fused-ring (bicyclic) bond motifs is 1. The van der Waals surface area contributed by atoms with E-state index >= 15 is 0 Å². The van der Waals surface area contributed by atoms with Gasteiger partial charge in [-0.15, -0.1) is 0 Å². The van der Waals surface area contributed by atoms with E-state index in [1.54, 1.807) is 29.2 Å². The van der Waals surface area contributed by atoms with Crippen LogP contribution in [0.15, 0.2) is 24.5 Å². The minimum Gasteiger partial charge on any atom is -0.374 e. The van der Waals surface area contributed by atoms with E-state index in [1.165, 1.54) is 0 Å². The normalized spacial score (nSPS) is 25.7. The van der Waals surface area contributed by atoms with E-state index in [2.05, 4.69) is 4.98 Å². The zero-order valence-electron chi connectivity index (χ0n) is 12.1. The average molecular weight is 289 g/mol. The van der Waals surface area contributed by atoms with E-state index in [1.807, 2.05) is 12.1 Å². The van der Waals surface area contributed by atoms with Gasteiger partial charge in [0.2, 0.25) is 11.8 Å². The van der Waals surface area contributed by atoms with Crippen molar-refractivity contribution in [2.24, 2.45) is 0 Å². The standard InChI is InChI=1S/C15H19N3O3/c1-17-12-9-18(10-13(12)21-6-4-14(17)19)15(20)7-11-3-2-5-16-8-11/h2-3,5,8,12-13H,4,6-7,9-10H2,1H3/t12-,13-/m0/s1. The zero-order chi connectivity index (χ0) is 14.8. The number of carbonyl (C=O) groups excluding carboxylic acids is 2. The van der Waals surface area contributed by atoms with Gasteiger partial charge in [0, 0.05) is 32.5 Å². The summed E-state index contributed by atoms with van der Waals surface area (Å²) in [5.74, 6) is 0.143. The number of hydrogen-bond acceptors (Lipinski definition) is 4. The highest BCUT2D eigenvalue weighted by molar-refractivity contribution is 5.80. The predicted molar refractivity (Wildman–Crippen MR) is 75.4 cm³/mol. The fourth-order valence-corrected chi connectivity index (χ4v) is 2.94. The lowest BCUT2D eigenvalue weighted by atomic mass is 10.2. The van der Waals surface area contributed by atoms with E-state index in [-0.39, 0.29) is 24.0 Å². The summed E-state index contributed by atoms with van der Waals surface area (Å²) < 4.78 is 5.73. The van der Waals surface area contributed by atoms with Crippen molar-refractivity contribution < 1.29 is 14.3 Å². The molecule has 3 heterocycles. The van der Waals surface area contributed by atoms with Gasteiger partial charge in [0.1, 0.15) is 0 Å². The molecule has 112 valence electrons. The smallest absolute Gasteiger partial charge is 0.227 e. The number of pyridine rings is 1. The molecule has 2 aliphatic heterocycles. The number of likely N-dealkylation sites (tertiary alicyclic amines) is 1. The summed E-state index contributed by atoms with van der Waals surface area (Å²) in [6.45, 7) is 1.54. The number of amides is 2. The Morgan fingerprint density at radius 3 is 3.10 bits per heavy atom. The van der Waals surface area contributed by atoms with Crippen molar-refractivity contribution >= 4 is 11.8 Å². The highest BCUT2D eigenvalue weighted by Gasteiger charge is 2.41. The first-order chi connectivity index (χ1) is 10.1. The van der Waals surface area contributed by atoms with E-state index in [0.29, 0.717) is 32.5 Å². The van der Waals surface area contributed by atoms with E-state index < -0.39 is 0 Å². The fourth-order valence-electron chi connectivity index (χ4n) is 2.94. The molecule has 0 aliphatic carbocycles. The van der Waals surface area contributed by atoms with Crippen molar-refractivity contribution in [2.45, 2.75) is 25.0 Å². The summed E-state index contributed by atoms with van der Waals surface area (Å²) in [5, 5.41) is 0. The van der Waals surface area contributed by atoms with E-state index in [4.69, 9.17) is 4.74 Å². The van der Waals surface area contributed by atoms with Crippen LogP contribution >= 0.6 is 0 Å². The van der Waals surface area contributed by atoms with E-state index in [0.717, 1.165) is 5.56 Å². The maximum Gasteiger partial charge on any atom is 0.227 e. The Hall–Kier alpha value is -1.95.